The zero-order chi connectivity index (χ0) is 23.4. The van der Waals surface area contributed by atoms with Crippen LogP contribution in [0.4, 0.5) is 0 Å². The molecule has 4 aromatic rings. The van der Waals surface area contributed by atoms with Crippen molar-refractivity contribution in [3.63, 3.8) is 0 Å². The smallest absolute Gasteiger partial charge is 0.281 e. The number of nitrogens with zero attached hydrogens (tertiary/aromatic N) is 2. The summed E-state index contributed by atoms with van der Waals surface area (Å²) in [6, 6.07) is 28.1. The second-order valence-corrected chi connectivity index (χ2v) is 8.14. The molecule has 0 saturated heterocycles. The van der Waals surface area contributed by atoms with E-state index < -0.39 is 11.5 Å². The molecule has 3 aromatic carbocycles. The van der Waals surface area contributed by atoms with Crippen LogP contribution >= 0.6 is 0 Å². The highest BCUT2D eigenvalue weighted by atomic mass is 16.3. The molecule has 1 aromatic heterocycles. The van der Waals surface area contributed by atoms with Gasteiger partial charge in [-0.25, -0.2) is 5.43 Å². The Balaban J connectivity index is 1.61. The lowest BCUT2D eigenvalue weighted by Crippen LogP contribution is -2.43. The number of aliphatic hydroxyl groups is 1. The Labute approximate surface area is 194 Å². The Kier molecular flexibility index (Phi) is 6.24. The highest BCUT2D eigenvalue weighted by Gasteiger charge is 2.39. The third kappa shape index (κ3) is 4.36. The third-order valence-corrected chi connectivity index (χ3v) is 5.81. The number of rotatable bonds is 6. The van der Waals surface area contributed by atoms with E-state index in [0.717, 1.165) is 22.6 Å². The molecule has 0 aliphatic heterocycles. The third-order valence-electron chi connectivity index (χ3n) is 5.81. The van der Waals surface area contributed by atoms with Crippen molar-refractivity contribution in [2.75, 3.05) is 0 Å². The van der Waals surface area contributed by atoms with Gasteiger partial charge in [-0.05, 0) is 55.7 Å². The van der Waals surface area contributed by atoms with Crippen LogP contribution in [0, 0.1) is 20.8 Å². The van der Waals surface area contributed by atoms with Gasteiger partial charge in [-0.1, -0.05) is 72.8 Å². The molecule has 0 fully saturated rings. The predicted octanol–water partition coefficient (Wildman–Crippen LogP) is 4.79. The van der Waals surface area contributed by atoms with Gasteiger partial charge in [-0.3, -0.25) is 4.79 Å². The molecule has 2 N–H and O–H groups in total. The number of nitrogens with one attached hydrogen (secondary N) is 1. The predicted molar refractivity (Wildman–Crippen MR) is 132 cm³/mol. The number of hydrogen-bond acceptors (Lipinski definition) is 3. The molecule has 0 bridgehead atoms. The Hall–Kier alpha value is -3.96. The molecule has 33 heavy (non-hydrogen) atoms. The van der Waals surface area contributed by atoms with E-state index in [2.05, 4.69) is 40.2 Å². The first-order valence-corrected chi connectivity index (χ1v) is 10.8. The number of amides is 1. The van der Waals surface area contributed by atoms with E-state index in [1.54, 1.807) is 54.7 Å². The number of aryl methyl sites for hydroxylation is 2. The molecule has 5 heteroatoms. The van der Waals surface area contributed by atoms with Gasteiger partial charge in [-0.15, -0.1) is 0 Å². The fraction of sp³-hybridized carbons (Fsp3) is 0.143. The minimum atomic E-state index is -1.86. The lowest BCUT2D eigenvalue weighted by atomic mass is 9.85. The monoisotopic (exact) mass is 437 g/mol. The van der Waals surface area contributed by atoms with Gasteiger partial charge in [-0.2, -0.15) is 5.10 Å². The Morgan fingerprint density at radius 1 is 0.879 bits per heavy atom. The van der Waals surface area contributed by atoms with Crippen molar-refractivity contribution in [2.45, 2.75) is 26.4 Å². The summed E-state index contributed by atoms with van der Waals surface area (Å²) in [4.78, 5) is 13.2. The molecule has 5 nitrogen and oxygen atoms in total. The molecule has 0 atom stereocenters. The standard InChI is InChI=1S/C28H27N3O2/c1-20-11-10-16-26(17-20)31-21(2)18-23(22(31)3)19-29-30-27(32)28(33,24-12-6-4-7-13-24)25-14-8-5-9-15-25/h4-19,33H,1-3H3,(H,30,32)/b29-19+. The molecular formula is C28H27N3O2. The number of benzene rings is 3. The maximum atomic E-state index is 13.2. The number of carbonyl (C=O) groups is 1. The molecule has 0 aliphatic rings. The van der Waals surface area contributed by atoms with Gasteiger partial charge in [0.05, 0.1) is 6.21 Å². The second-order valence-electron chi connectivity index (χ2n) is 8.14. The van der Waals surface area contributed by atoms with Crippen molar-refractivity contribution < 1.29 is 9.90 Å². The van der Waals surface area contributed by atoms with E-state index in [0.29, 0.717) is 11.1 Å². The molecule has 4 rings (SSSR count). The number of hydrogen-bond donors (Lipinski definition) is 2. The Morgan fingerprint density at radius 2 is 1.48 bits per heavy atom. The Morgan fingerprint density at radius 3 is 2.06 bits per heavy atom. The largest absolute Gasteiger partial charge is 0.372 e. The van der Waals surface area contributed by atoms with Gasteiger partial charge >= 0.3 is 0 Å². The minimum absolute atomic E-state index is 0.474. The van der Waals surface area contributed by atoms with Crippen molar-refractivity contribution in [3.05, 3.63) is 125 Å². The zero-order valence-corrected chi connectivity index (χ0v) is 19.0. The van der Waals surface area contributed by atoms with E-state index in [4.69, 9.17) is 0 Å². The minimum Gasteiger partial charge on any atom is -0.372 e. The van der Waals surface area contributed by atoms with Crippen LogP contribution in [-0.4, -0.2) is 21.8 Å². The molecule has 1 amide bonds. The SMILES string of the molecule is Cc1cccc(-n2c(C)cc(/C=N/NC(=O)C(O)(c3ccccc3)c3ccccc3)c2C)c1. The van der Waals surface area contributed by atoms with Crippen molar-refractivity contribution in [1.29, 1.82) is 0 Å². The summed E-state index contributed by atoms with van der Waals surface area (Å²) in [6.45, 7) is 6.12. The van der Waals surface area contributed by atoms with Crippen LogP contribution in [-0.2, 0) is 10.4 Å². The van der Waals surface area contributed by atoms with Gasteiger partial charge in [0.2, 0.25) is 0 Å². The zero-order valence-electron chi connectivity index (χ0n) is 19.0. The summed E-state index contributed by atoms with van der Waals surface area (Å²) in [5.74, 6) is -0.622. The normalized spacial score (nSPS) is 11.6. The van der Waals surface area contributed by atoms with Gasteiger partial charge in [0, 0.05) is 22.6 Å². The van der Waals surface area contributed by atoms with Crippen LogP contribution in [0.1, 0.15) is 33.6 Å². The van der Waals surface area contributed by atoms with Crippen LogP contribution in [0.2, 0.25) is 0 Å². The lowest BCUT2D eigenvalue weighted by Gasteiger charge is -2.27. The molecular weight excluding hydrogens is 410 g/mol. The summed E-state index contributed by atoms with van der Waals surface area (Å²) in [5.41, 5.74) is 6.86. The maximum Gasteiger partial charge on any atom is 0.281 e. The fourth-order valence-electron chi connectivity index (χ4n) is 4.11. The quantitative estimate of drug-likeness (QED) is 0.336. The van der Waals surface area contributed by atoms with Crippen molar-refractivity contribution in [1.82, 2.24) is 9.99 Å². The summed E-state index contributed by atoms with van der Waals surface area (Å²) in [6.07, 6.45) is 1.61. The molecule has 1 heterocycles. The average molecular weight is 438 g/mol. The van der Waals surface area contributed by atoms with Crippen molar-refractivity contribution in [3.8, 4) is 5.69 Å². The summed E-state index contributed by atoms with van der Waals surface area (Å²) in [5, 5.41) is 15.7. The van der Waals surface area contributed by atoms with E-state index in [9.17, 15) is 9.90 Å². The lowest BCUT2D eigenvalue weighted by molar-refractivity contribution is -0.136. The first-order valence-electron chi connectivity index (χ1n) is 10.8. The fourth-order valence-corrected chi connectivity index (χ4v) is 4.11. The number of aromatic nitrogens is 1. The summed E-state index contributed by atoms with van der Waals surface area (Å²) in [7, 11) is 0. The van der Waals surface area contributed by atoms with Crippen LogP contribution in [0.3, 0.4) is 0 Å². The van der Waals surface area contributed by atoms with E-state index in [1.165, 1.54) is 5.56 Å². The molecule has 0 unspecified atom stereocenters. The average Bonchev–Trinajstić information content (AvgIpc) is 3.12. The molecule has 166 valence electrons. The highest BCUT2D eigenvalue weighted by molar-refractivity contribution is 5.91. The van der Waals surface area contributed by atoms with Crippen LogP contribution in [0.25, 0.3) is 5.69 Å². The van der Waals surface area contributed by atoms with Gasteiger partial charge in [0.1, 0.15) is 0 Å². The first-order chi connectivity index (χ1) is 15.9. The molecule has 0 radical (unpaired) electrons. The number of carbonyl (C=O) groups excluding carboxylic acids is 1. The topological polar surface area (TPSA) is 66.6 Å². The van der Waals surface area contributed by atoms with Crippen molar-refractivity contribution in [2.24, 2.45) is 5.10 Å². The van der Waals surface area contributed by atoms with Gasteiger partial charge in [0.15, 0.2) is 5.60 Å². The Bertz CT molecular complexity index is 1250. The maximum absolute atomic E-state index is 13.2. The van der Waals surface area contributed by atoms with E-state index in [-0.39, 0.29) is 0 Å². The molecule has 0 aliphatic carbocycles. The summed E-state index contributed by atoms with van der Waals surface area (Å²) < 4.78 is 2.15. The van der Waals surface area contributed by atoms with Crippen LogP contribution < -0.4 is 5.43 Å². The second kappa shape index (κ2) is 9.27. The molecule has 0 saturated carbocycles. The van der Waals surface area contributed by atoms with Crippen LogP contribution in [0.15, 0.2) is 96.1 Å². The summed E-state index contributed by atoms with van der Waals surface area (Å²) >= 11 is 0. The van der Waals surface area contributed by atoms with Gasteiger partial charge < -0.3 is 9.67 Å². The van der Waals surface area contributed by atoms with Crippen molar-refractivity contribution >= 4 is 12.1 Å². The van der Waals surface area contributed by atoms with E-state index in [1.807, 2.05) is 38.1 Å². The number of hydrazone groups is 1. The first kappa shape index (κ1) is 22.2. The van der Waals surface area contributed by atoms with E-state index >= 15 is 0 Å². The molecule has 0 spiro atoms. The van der Waals surface area contributed by atoms with Gasteiger partial charge in [0.25, 0.3) is 5.91 Å². The van der Waals surface area contributed by atoms with Crippen LogP contribution in [0.5, 0.6) is 0 Å². The highest BCUT2D eigenvalue weighted by Crippen LogP contribution is 2.30.